The molecule has 0 amide bonds. The van der Waals surface area contributed by atoms with Gasteiger partial charge in [-0.05, 0) is 17.8 Å². The zero-order chi connectivity index (χ0) is 8.86. The Morgan fingerprint density at radius 1 is 1.42 bits per heavy atom. The van der Waals surface area contributed by atoms with Crippen molar-refractivity contribution in [3.8, 4) is 0 Å². The average molecular weight is 204 g/mol. The van der Waals surface area contributed by atoms with Crippen LogP contribution in [0.3, 0.4) is 0 Å². The predicted octanol–water partition coefficient (Wildman–Crippen LogP) is 2.34. The van der Waals surface area contributed by atoms with E-state index in [1.165, 1.54) is 0 Å². The molecule has 0 aromatic heterocycles. The number of nitrogens with two attached hydrogens (primary N) is 1. The van der Waals surface area contributed by atoms with Crippen molar-refractivity contribution >= 4 is 12.4 Å². The van der Waals surface area contributed by atoms with Gasteiger partial charge in [0.25, 0.3) is 0 Å². The highest BCUT2D eigenvalue weighted by Crippen LogP contribution is 2.55. The minimum absolute atomic E-state index is 0. The summed E-state index contributed by atoms with van der Waals surface area (Å²) < 4.78 is 35.9. The number of alkyl halides is 3. The molecule has 0 saturated heterocycles. The smallest absolute Gasteiger partial charge is 0.320 e. The Bertz CT molecular complexity index is 167. The summed E-state index contributed by atoms with van der Waals surface area (Å²) in [6.07, 6.45) is -3.63. The van der Waals surface area contributed by atoms with Crippen molar-refractivity contribution in [2.75, 3.05) is 0 Å². The van der Waals surface area contributed by atoms with Gasteiger partial charge in [0, 0.05) is 0 Å². The van der Waals surface area contributed by atoms with Gasteiger partial charge in [0.1, 0.15) is 6.04 Å². The molecule has 0 bridgehead atoms. The molecule has 0 aromatic carbocycles. The molecule has 1 aliphatic rings. The summed E-state index contributed by atoms with van der Waals surface area (Å²) in [5.41, 5.74) is 4.81. The zero-order valence-electron chi connectivity index (χ0n) is 6.98. The van der Waals surface area contributed by atoms with Crippen LogP contribution in [0.15, 0.2) is 0 Å². The van der Waals surface area contributed by atoms with E-state index >= 15 is 0 Å². The predicted molar refractivity (Wildman–Crippen MR) is 43.2 cm³/mol. The lowest BCUT2D eigenvalue weighted by Gasteiger charge is -2.16. The zero-order valence-corrected chi connectivity index (χ0v) is 7.80. The molecule has 2 atom stereocenters. The highest BCUT2D eigenvalue weighted by Gasteiger charge is 2.57. The van der Waals surface area contributed by atoms with E-state index in [1.807, 2.05) is 13.8 Å². The Labute approximate surface area is 75.9 Å². The van der Waals surface area contributed by atoms with Crippen LogP contribution in [0.4, 0.5) is 13.2 Å². The molecule has 74 valence electrons. The maximum Gasteiger partial charge on any atom is 0.403 e. The maximum atomic E-state index is 12.0. The van der Waals surface area contributed by atoms with Crippen LogP contribution in [0, 0.1) is 11.3 Å². The van der Waals surface area contributed by atoms with E-state index in [0.717, 1.165) is 0 Å². The molecule has 1 saturated carbocycles. The highest BCUT2D eigenvalue weighted by molar-refractivity contribution is 5.85. The number of hydrogen-bond donors (Lipinski definition) is 1. The van der Waals surface area contributed by atoms with Gasteiger partial charge >= 0.3 is 6.18 Å². The second-order valence-corrected chi connectivity index (χ2v) is 3.87. The third kappa shape index (κ3) is 2.26. The summed E-state index contributed by atoms with van der Waals surface area (Å²) in [6, 6.07) is -1.63. The Balaban J connectivity index is 0.00000121. The first kappa shape index (κ1) is 12.0. The minimum atomic E-state index is -4.22. The third-order valence-corrected chi connectivity index (χ3v) is 2.40. The summed E-state index contributed by atoms with van der Waals surface area (Å²) in [4.78, 5) is 0. The first-order chi connectivity index (χ1) is 4.75. The topological polar surface area (TPSA) is 26.0 Å². The molecule has 5 heteroatoms. The van der Waals surface area contributed by atoms with Gasteiger partial charge in [-0.1, -0.05) is 13.8 Å². The Morgan fingerprint density at radius 3 is 1.83 bits per heavy atom. The minimum Gasteiger partial charge on any atom is -0.320 e. The van der Waals surface area contributed by atoms with Crippen molar-refractivity contribution in [1.82, 2.24) is 0 Å². The summed E-state index contributed by atoms with van der Waals surface area (Å²) in [6.45, 7) is 3.62. The van der Waals surface area contributed by atoms with E-state index in [9.17, 15) is 13.2 Å². The van der Waals surface area contributed by atoms with E-state index in [1.54, 1.807) is 0 Å². The maximum absolute atomic E-state index is 12.0. The summed E-state index contributed by atoms with van der Waals surface area (Å²) in [5, 5.41) is 0. The molecule has 0 aromatic rings. The molecule has 0 spiro atoms. The van der Waals surface area contributed by atoms with Crippen LogP contribution in [0.1, 0.15) is 20.3 Å². The summed E-state index contributed by atoms with van der Waals surface area (Å²) in [5.74, 6) is -0.373. The van der Waals surface area contributed by atoms with Gasteiger partial charge in [-0.3, -0.25) is 0 Å². The first-order valence-corrected chi connectivity index (χ1v) is 3.57. The van der Waals surface area contributed by atoms with Crippen molar-refractivity contribution in [2.24, 2.45) is 17.1 Å². The Morgan fingerprint density at radius 2 is 1.75 bits per heavy atom. The summed E-state index contributed by atoms with van der Waals surface area (Å²) >= 11 is 0. The van der Waals surface area contributed by atoms with E-state index in [4.69, 9.17) is 5.73 Å². The van der Waals surface area contributed by atoms with Crippen LogP contribution < -0.4 is 5.73 Å². The quantitative estimate of drug-likeness (QED) is 0.696. The second-order valence-electron chi connectivity index (χ2n) is 3.87. The van der Waals surface area contributed by atoms with E-state index < -0.39 is 12.2 Å². The number of hydrogen-bond acceptors (Lipinski definition) is 1. The average Bonchev–Trinajstić information content (AvgIpc) is 2.36. The molecular formula is C7H13ClF3N. The largest absolute Gasteiger partial charge is 0.403 e. The van der Waals surface area contributed by atoms with E-state index in [0.29, 0.717) is 6.42 Å². The molecule has 1 fully saturated rings. The lowest BCUT2D eigenvalue weighted by atomic mass is 10.0. The molecule has 0 heterocycles. The van der Waals surface area contributed by atoms with Gasteiger partial charge in [0.05, 0.1) is 0 Å². The van der Waals surface area contributed by atoms with Crippen LogP contribution in [-0.4, -0.2) is 12.2 Å². The van der Waals surface area contributed by atoms with Crippen molar-refractivity contribution in [3.05, 3.63) is 0 Å². The van der Waals surface area contributed by atoms with Crippen LogP contribution in [-0.2, 0) is 0 Å². The van der Waals surface area contributed by atoms with Crippen LogP contribution in [0.5, 0.6) is 0 Å². The molecular weight excluding hydrogens is 191 g/mol. The van der Waals surface area contributed by atoms with Crippen LogP contribution >= 0.6 is 12.4 Å². The van der Waals surface area contributed by atoms with Crippen LogP contribution in [0.2, 0.25) is 0 Å². The molecule has 1 nitrogen and oxygen atoms in total. The van der Waals surface area contributed by atoms with Gasteiger partial charge in [0.2, 0.25) is 0 Å². The Hall–Kier alpha value is 0.0400. The number of halogens is 4. The SMILES string of the molecule is CC1(C)CC1C(N)C(F)(F)F.Cl. The Kier molecular flexibility index (Phi) is 3.08. The van der Waals surface area contributed by atoms with Crippen molar-refractivity contribution < 1.29 is 13.2 Å². The van der Waals surface area contributed by atoms with Gasteiger partial charge in [-0.2, -0.15) is 13.2 Å². The fourth-order valence-corrected chi connectivity index (χ4v) is 1.35. The normalized spacial score (nSPS) is 29.0. The molecule has 1 aliphatic carbocycles. The lowest BCUT2D eigenvalue weighted by Crippen LogP contribution is -2.40. The van der Waals surface area contributed by atoms with Crippen molar-refractivity contribution in [1.29, 1.82) is 0 Å². The van der Waals surface area contributed by atoms with Crippen molar-refractivity contribution in [3.63, 3.8) is 0 Å². The monoisotopic (exact) mass is 203 g/mol. The fourth-order valence-electron chi connectivity index (χ4n) is 1.35. The van der Waals surface area contributed by atoms with Gasteiger partial charge in [-0.15, -0.1) is 12.4 Å². The van der Waals surface area contributed by atoms with Gasteiger partial charge in [0.15, 0.2) is 0 Å². The molecule has 0 radical (unpaired) electrons. The standard InChI is InChI=1S/C7H12F3N.ClH/c1-6(2)3-4(6)5(11)7(8,9)10;/h4-5H,3,11H2,1-2H3;1H. The molecule has 0 aliphatic heterocycles. The van der Waals surface area contributed by atoms with Gasteiger partial charge in [-0.25, -0.2) is 0 Å². The van der Waals surface area contributed by atoms with Crippen LogP contribution in [0.25, 0.3) is 0 Å². The van der Waals surface area contributed by atoms with Gasteiger partial charge < -0.3 is 5.73 Å². The molecule has 12 heavy (non-hydrogen) atoms. The number of rotatable bonds is 1. The molecule has 1 rings (SSSR count). The molecule has 2 N–H and O–H groups in total. The first-order valence-electron chi connectivity index (χ1n) is 3.57. The van der Waals surface area contributed by atoms with E-state index in [-0.39, 0.29) is 23.7 Å². The van der Waals surface area contributed by atoms with Crippen molar-refractivity contribution in [2.45, 2.75) is 32.5 Å². The molecule has 2 unspecified atom stereocenters. The van der Waals surface area contributed by atoms with E-state index in [2.05, 4.69) is 0 Å². The highest BCUT2D eigenvalue weighted by atomic mass is 35.5. The third-order valence-electron chi connectivity index (χ3n) is 2.40. The fraction of sp³-hybridized carbons (Fsp3) is 1.00. The second kappa shape index (κ2) is 3.07. The lowest BCUT2D eigenvalue weighted by molar-refractivity contribution is -0.153. The summed E-state index contributed by atoms with van der Waals surface area (Å²) in [7, 11) is 0.